The molecule has 0 aliphatic rings. The molecule has 0 aliphatic carbocycles. The summed E-state index contributed by atoms with van der Waals surface area (Å²) in [5.41, 5.74) is 1.29. The fraction of sp³-hybridized carbons (Fsp3) is 0.231. The molecule has 88 valence electrons. The van der Waals surface area contributed by atoms with Crippen LogP contribution in [0.3, 0.4) is 0 Å². The lowest BCUT2D eigenvalue weighted by molar-refractivity contribution is -0.132. The molecule has 17 heavy (non-hydrogen) atoms. The zero-order valence-corrected chi connectivity index (χ0v) is 9.73. The summed E-state index contributed by atoms with van der Waals surface area (Å²) in [4.78, 5) is 10.8. The summed E-state index contributed by atoms with van der Waals surface area (Å²) < 4.78 is 5.02. The summed E-state index contributed by atoms with van der Waals surface area (Å²) in [5, 5.41) is 17.5. The number of carboxylic acids is 1. The van der Waals surface area contributed by atoms with Gasteiger partial charge in [-0.05, 0) is 36.6 Å². The van der Waals surface area contributed by atoms with Crippen LogP contribution in [0.25, 0.3) is 0 Å². The van der Waals surface area contributed by atoms with Crippen molar-refractivity contribution < 1.29 is 14.6 Å². The van der Waals surface area contributed by atoms with Crippen molar-refractivity contribution in [2.75, 3.05) is 7.11 Å². The van der Waals surface area contributed by atoms with Gasteiger partial charge in [0.25, 0.3) is 0 Å². The van der Waals surface area contributed by atoms with Crippen LogP contribution in [0.5, 0.6) is 5.75 Å². The minimum absolute atomic E-state index is 0.194. The predicted molar refractivity (Wildman–Crippen MR) is 62.6 cm³/mol. The van der Waals surface area contributed by atoms with Crippen LogP contribution in [-0.4, -0.2) is 18.2 Å². The van der Waals surface area contributed by atoms with E-state index in [9.17, 15) is 4.79 Å². The number of methoxy groups -OCH3 is 1. The fourth-order valence-electron chi connectivity index (χ4n) is 1.46. The second-order valence-electron chi connectivity index (χ2n) is 3.60. The number of carbonyl (C=O) groups is 1. The Morgan fingerprint density at radius 3 is 2.41 bits per heavy atom. The third-order valence-corrected chi connectivity index (χ3v) is 2.38. The molecule has 0 radical (unpaired) electrons. The first-order valence-corrected chi connectivity index (χ1v) is 5.04. The van der Waals surface area contributed by atoms with E-state index in [0.717, 1.165) is 11.3 Å². The Bertz CT molecular complexity index is 480. The number of aliphatic carboxylic acids is 1. The summed E-state index contributed by atoms with van der Waals surface area (Å²) >= 11 is 0. The molecule has 0 amide bonds. The quantitative estimate of drug-likeness (QED) is 0.636. The molecular formula is C13H13NO3. The van der Waals surface area contributed by atoms with Gasteiger partial charge in [0.05, 0.1) is 7.11 Å². The Balaban J connectivity index is 2.91. The number of nitrogens with zero attached hydrogens (tertiary/aromatic N) is 1. The number of nitriles is 1. The third kappa shape index (κ3) is 3.35. The van der Waals surface area contributed by atoms with E-state index in [0.29, 0.717) is 12.0 Å². The average Bonchev–Trinajstić information content (AvgIpc) is 2.30. The molecule has 0 spiro atoms. The van der Waals surface area contributed by atoms with E-state index in [1.165, 1.54) is 0 Å². The van der Waals surface area contributed by atoms with Crippen LogP contribution in [-0.2, 0) is 11.2 Å². The fourth-order valence-corrected chi connectivity index (χ4v) is 1.46. The Morgan fingerprint density at radius 1 is 1.41 bits per heavy atom. The zero-order chi connectivity index (χ0) is 12.8. The number of allylic oxidation sites excluding steroid dienone is 1. The van der Waals surface area contributed by atoms with E-state index in [2.05, 4.69) is 0 Å². The van der Waals surface area contributed by atoms with Gasteiger partial charge in [0.1, 0.15) is 17.4 Å². The highest BCUT2D eigenvalue weighted by Crippen LogP contribution is 2.16. The van der Waals surface area contributed by atoms with Crippen molar-refractivity contribution in [1.82, 2.24) is 0 Å². The highest BCUT2D eigenvalue weighted by Gasteiger charge is 2.10. The lowest BCUT2D eigenvalue weighted by Crippen LogP contribution is -2.03. The van der Waals surface area contributed by atoms with Gasteiger partial charge in [-0.15, -0.1) is 0 Å². The first kappa shape index (κ1) is 12.8. The molecule has 1 aromatic rings. The SMILES string of the molecule is COc1ccc(C/C(C)=C(\C#N)C(=O)O)cc1. The standard InChI is InChI=1S/C13H13NO3/c1-9(12(8-14)13(15)16)7-10-3-5-11(17-2)6-4-10/h3-6H,7H2,1-2H3,(H,15,16)/b12-9+. The second kappa shape index (κ2) is 5.71. The molecule has 1 rings (SSSR count). The van der Waals surface area contributed by atoms with Gasteiger partial charge >= 0.3 is 5.97 Å². The van der Waals surface area contributed by atoms with Gasteiger partial charge < -0.3 is 9.84 Å². The Labute approximate surface area is 99.8 Å². The van der Waals surface area contributed by atoms with Gasteiger partial charge in [-0.25, -0.2) is 4.79 Å². The molecule has 4 nitrogen and oxygen atoms in total. The molecule has 1 N–H and O–H groups in total. The van der Waals surface area contributed by atoms with Crippen molar-refractivity contribution in [1.29, 1.82) is 5.26 Å². The lowest BCUT2D eigenvalue weighted by atomic mass is 10.0. The molecule has 0 heterocycles. The van der Waals surface area contributed by atoms with Gasteiger partial charge in [-0.3, -0.25) is 0 Å². The van der Waals surface area contributed by atoms with E-state index in [4.69, 9.17) is 15.1 Å². The molecule has 0 saturated carbocycles. The first-order chi connectivity index (χ1) is 8.08. The van der Waals surface area contributed by atoms with Gasteiger partial charge in [0.15, 0.2) is 0 Å². The molecule has 0 aliphatic heterocycles. The summed E-state index contributed by atoms with van der Waals surface area (Å²) in [6, 6.07) is 8.99. The third-order valence-electron chi connectivity index (χ3n) is 2.38. The van der Waals surface area contributed by atoms with E-state index in [1.807, 2.05) is 12.1 Å². The molecule has 4 heteroatoms. The summed E-state index contributed by atoms with van der Waals surface area (Å²) in [6.45, 7) is 1.65. The topological polar surface area (TPSA) is 70.3 Å². The van der Waals surface area contributed by atoms with Crippen LogP contribution in [0.4, 0.5) is 0 Å². The lowest BCUT2D eigenvalue weighted by Gasteiger charge is -2.04. The Kier molecular flexibility index (Phi) is 4.29. The summed E-state index contributed by atoms with van der Waals surface area (Å²) in [7, 11) is 1.58. The van der Waals surface area contributed by atoms with Crippen molar-refractivity contribution in [2.45, 2.75) is 13.3 Å². The van der Waals surface area contributed by atoms with Crippen LogP contribution >= 0.6 is 0 Å². The maximum Gasteiger partial charge on any atom is 0.346 e. The van der Waals surface area contributed by atoms with Gasteiger partial charge in [-0.2, -0.15) is 5.26 Å². The molecule has 0 aromatic heterocycles. The minimum atomic E-state index is -1.18. The smallest absolute Gasteiger partial charge is 0.346 e. The number of benzene rings is 1. The van der Waals surface area contributed by atoms with Gasteiger partial charge in [0, 0.05) is 0 Å². The molecular weight excluding hydrogens is 218 g/mol. The molecule has 0 atom stereocenters. The van der Waals surface area contributed by atoms with Gasteiger partial charge in [-0.1, -0.05) is 12.1 Å². The summed E-state index contributed by atoms with van der Waals surface area (Å²) in [5.74, 6) is -0.437. The maximum absolute atomic E-state index is 10.8. The zero-order valence-electron chi connectivity index (χ0n) is 9.73. The van der Waals surface area contributed by atoms with Crippen molar-refractivity contribution >= 4 is 5.97 Å². The Hall–Kier alpha value is -2.28. The first-order valence-electron chi connectivity index (χ1n) is 5.04. The van der Waals surface area contributed by atoms with Crippen molar-refractivity contribution in [3.05, 3.63) is 41.0 Å². The maximum atomic E-state index is 10.8. The van der Waals surface area contributed by atoms with Crippen LogP contribution in [0, 0.1) is 11.3 Å². The van der Waals surface area contributed by atoms with Crippen LogP contribution in [0.2, 0.25) is 0 Å². The molecule has 0 saturated heterocycles. The second-order valence-corrected chi connectivity index (χ2v) is 3.60. The predicted octanol–water partition coefficient (Wildman–Crippen LogP) is 2.16. The van der Waals surface area contributed by atoms with Crippen LogP contribution < -0.4 is 4.74 Å². The Morgan fingerprint density at radius 2 is 2.00 bits per heavy atom. The summed E-state index contributed by atoms with van der Waals surface area (Å²) in [6.07, 6.45) is 0.444. The van der Waals surface area contributed by atoms with Crippen molar-refractivity contribution in [3.8, 4) is 11.8 Å². The highest BCUT2D eigenvalue weighted by atomic mass is 16.5. The number of carboxylic acid groups (broad SMARTS) is 1. The molecule has 0 fully saturated rings. The van der Waals surface area contributed by atoms with Gasteiger partial charge in [0.2, 0.25) is 0 Å². The van der Waals surface area contributed by atoms with Crippen molar-refractivity contribution in [2.24, 2.45) is 0 Å². The monoisotopic (exact) mass is 231 g/mol. The van der Waals surface area contributed by atoms with Crippen LogP contribution in [0.1, 0.15) is 12.5 Å². The highest BCUT2D eigenvalue weighted by molar-refractivity contribution is 5.91. The molecule has 0 bridgehead atoms. The largest absolute Gasteiger partial charge is 0.497 e. The van der Waals surface area contributed by atoms with Crippen molar-refractivity contribution in [3.63, 3.8) is 0 Å². The number of rotatable bonds is 4. The van der Waals surface area contributed by atoms with E-state index in [1.54, 1.807) is 32.2 Å². The van der Waals surface area contributed by atoms with E-state index < -0.39 is 5.97 Å². The molecule has 0 unspecified atom stereocenters. The van der Waals surface area contributed by atoms with E-state index >= 15 is 0 Å². The normalized spacial score (nSPS) is 11.4. The van der Waals surface area contributed by atoms with E-state index in [-0.39, 0.29) is 5.57 Å². The van der Waals surface area contributed by atoms with Crippen LogP contribution in [0.15, 0.2) is 35.4 Å². The molecule has 1 aromatic carbocycles. The number of ether oxygens (including phenoxy) is 1. The number of hydrogen-bond donors (Lipinski definition) is 1. The minimum Gasteiger partial charge on any atom is -0.497 e. The number of hydrogen-bond acceptors (Lipinski definition) is 3. The average molecular weight is 231 g/mol.